The van der Waals surface area contributed by atoms with Gasteiger partial charge in [-0.3, -0.25) is 4.79 Å². The van der Waals surface area contributed by atoms with E-state index in [0.717, 1.165) is 34.7 Å². The molecular formula is C14H13NO2S. The fourth-order valence-electron chi connectivity index (χ4n) is 2.18. The Balaban J connectivity index is 1.76. The Morgan fingerprint density at radius 1 is 1.33 bits per heavy atom. The van der Waals surface area contributed by atoms with Crippen LogP contribution in [-0.4, -0.2) is 10.8 Å². The second-order valence-electron chi connectivity index (χ2n) is 4.31. The lowest BCUT2D eigenvalue weighted by Crippen LogP contribution is -2.10. The van der Waals surface area contributed by atoms with Gasteiger partial charge in [-0.05, 0) is 36.6 Å². The minimum Gasteiger partial charge on any atom is -0.486 e. The minimum atomic E-state index is 0.253. The molecule has 1 aromatic carbocycles. The van der Waals surface area contributed by atoms with Gasteiger partial charge in [-0.25, -0.2) is 4.98 Å². The standard InChI is InChI=1S/C14H13NO2S/c16-13-3-1-2-10-8-11(4-5-12(10)13)17-9-14-15-6-7-18-14/h4-8H,1-3,9H2. The second kappa shape index (κ2) is 4.90. The number of nitrogens with zero attached hydrogens (tertiary/aromatic N) is 1. The van der Waals surface area contributed by atoms with Gasteiger partial charge in [-0.1, -0.05) is 0 Å². The summed E-state index contributed by atoms with van der Waals surface area (Å²) in [4.78, 5) is 15.9. The highest BCUT2D eigenvalue weighted by atomic mass is 32.1. The van der Waals surface area contributed by atoms with Gasteiger partial charge >= 0.3 is 0 Å². The zero-order valence-corrected chi connectivity index (χ0v) is 10.7. The van der Waals surface area contributed by atoms with Gasteiger partial charge in [-0.15, -0.1) is 11.3 Å². The number of ketones is 1. The Morgan fingerprint density at radius 2 is 2.28 bits per heavy atom. The largest absolute Gasteiger partial charge is 0.486 e. The van der Waals surface area contributed by atoms with Crippen LogP contribution in [0.5, 0.6) is 5.75 Å². The van der Waals surface area contributed by atoms with Crippen molar-refractivity contribution in [1.29, 1.82) is 0 Å². The van der Waals surface area contributed by atoms with Gasteiger partial charge in [0, 0.05) is 23.6 Å². The molecule has 3 rings (SSSR count). The molecule has 1 aromatic heterocycles. The molecule has 1 heterocycles. The third-order valence-corrected chi connectivity index (χ3v) is 3.83. The highest BCUT2D eigenvalue weighted by molar-refractivity contribution is 7.09. The predicted molar refractivity (Wildman–Crippen MR) is 70.2 cm³/mol. The van der Waals surface area contributed by atoms with Gasteiger partial charge in [0.15, 0.2) is 5.78 Å². The number of hydrogen-bond donors (Lipinski definition) is 0. The van der Waals surface area contributed by atoms with Crippen LogP contribution in [0.2, 0.25) is 0 Å². The maximum absolute atomic E-state index is 11.7. The van der Waals surface area contributed by atoms with E-state index in [2.05, 4.69) is 4.98 Å². The number of Topliss-reactive ketones (excluding diaryl/α,β-unsaturated/α-hetero) is 1. The lowest BCUT2D eigenvalue weighted by atomic mass is 9.91. The number of aryl methyl sites for hydroxylation is 1. The van der Waals surface area contributed by atoms with Crippen molar-refractivity contribution >= 4 is 17.1 Å². The quantitative estimate of drug-likeness (QED) is 0.849. The highest BCUT2D eigenvalue weighted by Gasteiger charge is 2.17. The summed E-state index contributed by atoms with van der Waals surface area (Å²) in [6.45, 7) is 0.490. The lowest BCUT2D eigenvalue weighted by Gasteiger charge is -2.15. The Kier molecular flexibility index (Phi) is 3.11. The Labute approximate surface area is 109 Å². The van der Waals surface area contributed by atoms with E-state index in [1.807, 2.05) is 23.6 Å². The van der Waals surface area contributed by atoms with E-state index in [1.54, 1.807) is 17.5 Å². The van der Waals surface area contributed by atoms with Crippen LogP contribution in [-0.2, 0) is 13.0 Å². The molecule has 0 atom stereocenters. The number of fused-ring (bicyclic) bond motifs is 1. The van der Waals surface area contributed by atoms with Gasteiger partial charge < -0.3 is 4.74 Å². The average Bonchev–Trinajstić information content (AvgIpc) is 2.90. The van der Waals surface area contributed by atoms with E-state index < -0.39 is 0 Å². The molecule has 0 spiro atoms. The van der Waals surface area contributed by atoms with Gasteiger partial charge in [0.25, 0.3) is 0 Å². The summed E-state index contributed by atoms with van der Waals surface area (Å²) in [5, 5.41) is 2.90. The summed E-state index contributed by atoms with van der Waals surface area (Å²) in [5.74, 6) is 1.07. The minimum absolute atomic E-state index is 0.253. The maximum atomic E-state index is 11.7. The first-order valence-electron chi connectivity index (χ1n) is 6.00. The lowest BCUT2D eigenvalue weighted by molar-refractivity contribution is 0.0972. The van der Waals surface area contributed by atoms with Gasteiger partial charge in [0.2, 0.25) is 0 Å². The van der Waals surface area contributed by atoms with Crippen molar-refractivity contribution in [2.45, 2.75) is 25.9 Å². The van der Waals surface area contributed by atoms with Crippen molar-refractivity contribution in [3.8, 4) is 5.75 Å². The van der Waals surface area contributed by atoms with Gasteiger partial charge in [0.05, 0.1) is 0 Å². The molecule has 4 heteroatoms. The van der Waals surface area contributed by atoms with Crippen molar-refractivity contribution < 1.29 is 9.53 Å². The number of ether oxygens (including phenoxy) is 1. The third-order valence-electron chi connectivity index (χ3n) is 3.07. The highest BCUT2D eigenvalue weighted by Crippen LogP contribution is 2.25. The molecule has 18 heavy (non-hydrogen) atoms. The smallest absolute Gasteiger partial charge is 0.163 e. The van der Waals surface area contributed by atoms with Gasteiger partial charge in [0.1, 0.15) is 17.4 Å². The topological polar surface area (TPSA) is 39.2 Å². The Morgan fingerprint density at radius 3 is 3.11 bits per heavy atom. The van der Waals surface area contributed by atoms with Crippen LogP contribution in [0.3, 0.4) is 0 Å². The maximum Gasteiger partial charge on any atom is 0.163 e. The number of benzene rings is 1. The fraction of sp³-hybridized carbons (Fsp3) is 0.286. The summed E-state index contributed by atoms with van der Waals surface area (Å²) in [6.07, 6.45) is 4.36. The van der Waals surface area contributed by atoms with Crippen LogP contribution in [0.1, 0.15) is 33.8 Å². The van der Waals surface area contributed by atoms with E-state index in [9.17, 15) is 4.79 Å². The first-order valence-corrected chi connectivity index (χ1v) is 6.88. The molecule has 1 aliphatic carbocycles. The number of carbonyl (C=O) groups is 1. The summed E-state index contributed by atoms with van der Waals surface area (Å²) >= 11 is 1.58. The first kappa shape index (κ1) is 11.4. The molecule has 92 valence electrons. The van der Waals surface area contributed by atoms with E-state index in [0.29, 0.717) is 13.0 Å². The van der Waals surface area contributed by atoms with Crippen LogP contribution in [0.15, 0.2) is 29.8 Å². The molecule has 1 aliphatic rings. The molecule has 0 saturated carbocycles. The van der Waals surface area contributed by atoms with E-state index in [1.165, 1.54) is 0 Å². The summed E-state index contributed by atoms with van der Waals surface area (Å²) < 4.78 is 5.69. The van der Waals surface area contributed by atoms with E-state index in [-0.39, 0.29) is 5.78 Å². The molecule has 0 saturated heterocycles. The number of rotatable bonds is 3. The van der Waals surface area contributed by atoms with Crippen LogP contribution in [0, 0.1) is 0 Å². The van der Waals surface area contributed by atoms with Crippen molar-refractivity contribution in [2.24, 2.45) is 0 Å². The fourth-order valence-corrected chi connectivity index (χ4v) is 2.71. The van der Waals surface area contributed by atoms with Crippen molar-refractivity contribution in [3.63, 3.8) is 0 Å². The van der Waals surface area contributed by atoms with Crippen LogP contribution in [0.25, 0.3) is 0 Å². The zero-order chi connectivity index (χ0) is 12.4. The third kappa shape index (κ3) is 2.29. The summed E-state index contributed by atoms with van der Waals surface area (Å²) in [5.41, 5.74) is 1.98. The average molecular weight is 259 g/mol. The molecule has 2 aromatic rings. The monoisotopic (exact) mass is 259 g/mol. The molecule has 3 nitrogen and oxygen atoms in total. The molecule has 0 bridgehead atoms. The number of carbonyl (C=O) groups excluding carboxylic acids is 1. The Bertz CT molecular complexity index is 563. The molecule has 0 unspecified atom stereocenters. The van der Waals surface area contributed by atoms with Crippen LogP contribution in [0.4, 0.5) is 0 Å². The van der Waals surface area contributed by atoms with Crippen molar-refractivity contribution in [3.05, 3.63) is 45.9 Å². The molecule has 0 radical (unpaired) electrons. The summed E-state index contributed by atoms with van der Waals surface area (Å²) in [6, 6.07) is 5.74. The molecule has 0 N–H and O–H groups in total. The normalized spacial score (nSPS) is 14.3. The molecular weight excluding hydrogens is 246 g/mol. The molecule has 0 fully saturated rings. The SMILES string of the molecule is O=C1CCCc2cc(OCc3nccs3)ccc21. The number of thiazole rings is 1. The molecule has 0 aliphatic heterocycles. The predicted octanol–water partition coefficient (Wildman–Crippen LogP) is 3.24. The van der Waals surface area contributed by atoms with Crippen molar-refractivity contribution in [2.75, 3.05) is 0 Å². The van der Waals surface area contributed by atoms with E-state index >= 15 is 0 Å². The van der Waals surface area contributed by atoms with Gasteiger partial charge in [-0.2, -0.15) is 0 Å². The van der Waals surface area contributed by atoms with E-state index in [4.69, 9.17) is 4.74 Å². The summed E-state index contributed by atoms with van der Waals surface area (Å²) in [7, 11) is 0. The number of aromatic nitrogens is 1. The Hall–Kier alpha value is -1.68. The van der Waals surface area contributed by atoms with Crippen LogP contribution < -0.4 is 4.74 Å². The molecule has 0 amide bonds. The number of hydrogen-bond acceptors (Lipinski definition) is 4. The zero-order valence-electron chi connectivity index (χ0n) is 9.89. The van der Waals surface area contributed by atoms with Crippen LogP contribution >= 0.6 is 11.3 Å². The second-order valence-corrected chi connectivity index (χ2v) is 5.29. The first-order chi connectivity index (χ1) is 8.83. The van der Waals surface area contributed by atoms with Crippen molar-refractivity contribution in [1.82, 2.24) is 4.98 Å².